The first-order valence-electron chi connectivity index (χ1n) is 9.51. The Kier molecular flexibility index (Phi) is 6.03. The van der Waals surface area contributed by atoms with Crippen LogP contribution in [0.4, 0.5) is 0 Å². The van der Waals surface area contributed by atoms with Gasteiger partial charge in [0.25, 0.3) is 0 Å². The smallest absolute Gasteiger partial charge is 0.0597 e. The van der Waals surface area contributed by atoms with Crippen molar-refractivity contribution in [2.24, 2.45) is 0 Å². The molecular formula is C21H27NOS2. The molecule has 2 nitrogen and oxygen atoms in total. The number of nitrogens with zero attached hydrogens (tertiary/aromatic N) is 1. The largest absolute Gasteiger partial charge is 0.377 e. The Morgan fingerprint density at radius 3 is 2.20 bits per heavy atom. The average molecular weight is 374 g/mol. The van der Waals surface area contributed by atoms with Crippen LogP contribution in [-0.4, -0.2) is 37.2 Å². The third kappa shape index (κ3) is 4.43. The minimum Gasteiger partial charge on any atom is -0.377 e. The molecule has 25 heavy (non-hydrogen) atoms. The zero-order chi connectivity index (χ0) is 16.9. The maximum atomic E-state index is 6.05. The molecular weight excluding hydrogens is 346 g/mol. The summed E-state index contributed by atoms with van der Waals surface area (Å²) in [5.41, 5.74) is 5.92. The molecule has 2 fully saturated rings. The second-order valence-corrected chi connectivity index (χ2v) is 8.68. The molecule has 4 heteroatoms. The third-order valence-electron chi connectivity index (χ3n) is 5.50. The van der Waals surface area contributed by atoms with E-state index < -0.39 is 0 Å². The highest BCUT2D eigenvalue weighted by molar-refractivity contribution is 7.08. The molecule has 1 aliphatic carbocycles. The summed E-state index contributed by atoms with van der Waals surface area (Å²) in [6, 6.07) is 4.54. The van der Waals surface area contributed by atoms with E-state index in [2.05, 4.69) is 38.6 Å². The predicted molar refractivity (Wildman–Crippen MR) is 109 cm³/mol. The Morgan fingerprint density at radius 1 is 1.00 bits per heavy atom. The summed E-state index contributed by atoms with van der Waals surface area (Å²) in [4.78, 5) is 2.58. The van der Waals surface area contributed by atoms with Crippen LogP contribution in [0.5, 0.6) is 0 Å². The van der Waals surface area contributed by atoms with E-state index in [1.165, 1.54) is 68.3 Å². The van der Waals surface area contributed by atoms with E-state index in [4.69, 9.17) is 4.74 Å². The van der Waals surface area contributed by atoms with Crippen LogP contribution in [0.25, 0.3) is 5.57 Å². The molecule has 134 valence electrons. The molecule has 0 unspecified atom stereocenters. The van der Waals surface area contributed by atoms with E-state index in [-0.39, 0.29) is 0 Å². The first-order valence-corrected chi connectivity index (χ1v) is 11.4. The first-order chi connectivity index (χ1) is 12.4. The van der Waals surface area contributed by atoms with Gasteiger partial charge < -0.3 is 9.64 Å². The van der Waals surface area contributed by atoms with Crippen molar-refractivity contribution in [3.8, 4) is 0 Å². The number of hydrogen-bond donors (Lipinski definition) is 0. The molecule has 0 N–H and O–H groups in total. The van der Waals surface area contributed by atoms with Crippen molar-refractivity contribution in [2.45, 2.75) is 44.6 Å². The number of ether oxygens (including phenoxy) is 1. The number of likely N-dealkylation sites (tertiary alicyclic amines) is 1. The van der Waals surface area contributed by atoms with E-state index in [1.807, 2.05) is 0 Å². The van der Waals surface area contributed by atoms with Gasteiger partial charge in [-0.05, 0) is 76.0 Å². The predicted octanol–water partition coefficient (Wildman–Crippen LogP) is 5.67. The maximum Gasteiger partial charge on any atom is 0.0597 e. The topological polar surface area (TPSA) is 12.5 Å². The van der Waals surface area contributed by atoms with Gasteiger partial charge in [-0.2, -0.15) is 22.7 Å². The zero-order valence-electron chi connectivity index (χ0n) is 14.8. The van der Waals surface area contributed by atoms with Gasteiger partial charge in [0, 0.05) is 19.6 Å². The monoisotopic (exact) mass is 373 g/mol. The molecule has 2 aliphatic rings. The molecule has 1 saturated heterocycles. The molecule has 0 amide bonds. The van der Waals surface area contributed by atoms with Crippen molar-refractivity contribution in [2.75, 3.05) is 26.2 Å². The average Bonchev–Trinajstić information content (AvgIpc) is 3.41. The van der Waals surface area contributed by atoms with Crippen molar-refractivity contribution < 1.29 is 4.74 Å². The zero-order valence-corrected chi connectivity index (χ0v) is 16.4. The number of hydrogen-bond acceptors (Lipinski definition) is 4. The fourth-order valence-corrected chi connectivity index (χ4v) is 5.38. The van der Waals surface area contributed by atoms with Crippen LogP contribution >= 0.6 is 22.7 Å². The molecule has 0 atom stereocenters. The second kappa shape index (κ2) is 8.63. The van der Waals surface area contributed by atoms with E-state index in [9.17, 15) is 0 Å². The van der Waals surface area contributed by atoms with Gasteiger partial charge in [0.2, 0.25) is 0 Å². The van der Waals surface area contributed by atoms with Gasteiger partial charge in [-0.25, -0.2) is 0 Å². The van der Waals surface area contributed by atoms with Crippen LogP contribution in [0.3, 0.4) is 0 Å². The van der Waals surface area contributed by atoms with E-state index >= 15 is 0 Å². The molecule has 1 aliphatic heterocycles. The highest BCUT2D eigenvalue weighted by Crippen LogP contribution is 2.34. The minimum absolute atomic E-state index is 0.545. The normalized spacial score (nSPS) is 19.6. The molecule has 2 aromatic heterocycles. The van der Waals surface area contributed by atoms with Crippen LogP contribution in [0, 0.1) is 0 Å². The van der Waals surface area contributed by atoms with Crippen LogP contribution < -0.4 is 0 Å². The molecule has 1 saturated carbocycles. The number of thiophene rings is 2. The van der Waals surface area contributed by atoms with Crippen LogP contribution in [-0.2, 0) is 4.74 Å². The summed E-state index contributed by atoms with van der Waals surface area (Å²) in [7, 11) is 0. The lowest BCUT2D eigenvalue weighted by Gasteiger charge is -2.30. The summed E-state index contributed by atoms with van der Waals surface area (Å²) >= 11 is 3.59. The van der Waals surface area contributed by atoms with E-state index in [0.717, 1.165) is 13.2 Å². The summed E-state index contributed by atoms with van der Waals surface area (Å²) in [5, 5.41) is 8.97. The molecule has 0 aromatic carbocycles. The highest BCUT2D eigenvalue weighted by Gasteiger charge is 2.20. The van der Waals surface area contributed by atoms with Gasteiger partial charge in [0.1, 0.15) is 0 Å². The molecule has 4 rings (SSSR count). The maximum absolute atomic E-state index is 6.05. The van der Waals surface area contributed by atoms with Crippen LogP contribution in [0.15, 0.2) is 39.2 Å². The van der Waals surface area contributed by atoms with Crippen molar-refractivity contribution >= 4 is 28.2 Å². The molecule has 3 heterocycles. The van der Waals surface area contributed by atoms with Gasteiger partial charge >= 0.3 is 0 Å². The van der Waals surface area contributed by atoms with Crippen LogP contribution in [0.2, 0.25) is 0 Å². The third-order valence-corrected chi connectivity index (χ3v) is 6.86. The SMILES string of the molecule is c1cc(C(=C2CCN(CCOC3CCCC3)CC2)c2ccsc2)cs1. The summed E-state index contributed by atoms with van der Waals surface area (Å²) in [6.45, 7) is 4.34. The fourth-order valence-electron chi connectivity index (χ4n) is 4.09. The van der Waals surface area contributed by atoms with Crippen molar-refractivity contribution in [3.63, 3.8) is 0 Å². The Hall–Kier alpha value is -0.940. The Bertz CT molecular complexity index is 623. The van der Waals surface area contributed by atoms with Gasteiger partial charge in [-0.3, -0.25) is 0 Å². The second-order valence-electron chi connectivity index (χ2n) is 7.12. The lowest BCUT2D eigenvalue weighted by Crippen LogP contribution is -2.34. The summed E-state index contributed by atoms with van der Waals surface area (Å²) in [5.74, 6) is 0. The Balaban J connectivity index is 1.36. The highest BCUT2D eigenvalue weighted by atomic mass is 32.1. The van der Waals surface area contributed by atoms with E-state index in [1.54, 1.807) is 28.2 Å². The number of rotatable bonds is 6. The lowest BCUT2D eigenvalue weighted by molar-refractivity contribution is 0.0406. The van der Waals surface area contributed by atoms with Crippen molar-refractivity contribution in [1.29, 1.82) is 0 Å². The fraction of sp³-hybridized carbons (Fsp3) is 0.524. The molecule has 2 aromatic rings. The summed E-state index contributed by atoms with van der Waals surface area (Å²) in [6.07, 6.45) is 8.18. The summed E-state index contributed by atoms with van der Waals surface area (Å²) < 4.78 is 6.05. The van der Waals surface area contributed by atoms with Gasteiger partial charge in [0.15, 0.2) is 0 Å². The molecule has 0 bridgehead atoms. The van der Waals surface area contributed by atoms with Gasteiger partial charge in [0.05, 0.1) is 12.7 Å². The Morgan fingerprint density at radius 2 is 1.64 bits per heavy atom. The molecule has 0 spiro atoms. The van der Waals surface area contributed by atoms with Crippen molar-refractivity contribution in [3.05, 3.63) is 50.4 Å². The number of piperidine rings is 1. The lowest BCUT2D eigenvalue weighted by atomic mass is 9.91. The van der Waals surface area contributed by atoms with Gasteiger partial charge in [-0.1, -0.05) is 18.4 Å². The van der Waals surface area contributed by atoms with Crippen molar-refractivity contribution in [1.82, 2.24) is 4.90 Å². The first kappa shape index (κ1) is 17.5. The standard InChI is InChI=1S/C21H27NOS2/c1-2-4-20(3-1)23-12-11-22-9-5-17(6-10-22)21(18-7-13-24-15-18)19-8-14-25-16-19/h7-8,13-16,20H,1-6,9-12H2. The quantitative estimate of drug-likeness (QED) is 0.647. The Labute approximate surface area is 159 Å². The minimum atomic E-state index is 0.545. The van der Waals surface area contributed by atoms with Crippen LogP contribution in [0.1, 0.15) is 49.7 Å². The molecule has 0 radical (unpaired) electrons. The van der Waals surface area contributed by atoms with Gasteiger partial charge in [-0.15, -0.1) is 0 Å². The van der Waals surface area contributed by atoms with E-state index in [0.29, 0.717) is 6.10 Å².